The fraction of sp³-hybridized carbons (Fsp3) is 0.200. The third kappa shape index (κ3) is 5.29. The number of benzene rings is 4. The van der Waals surface area contributed by atoms with E-state index in [-0.39, 0.29) is 51.2 Å². The van der Waals surface area contributed by atoms with Crippen LogP contribution in [-0.4, -0.2) is 53.4 Å². The summed E-state index contributed by atoms with van der Waals surface area (Å²) in [5.74, 6) is -4.84. The van der Waals surface area contributed by atoms with Gasteiger partial charge in [-0.25, -0.2) is 0 Å². The van der Waals surface area contributed by atoms with Crippen LogP contribution < -0.4 is 4.74 Å². The molecular formula is C35H30O10. The van der Waals surface area contributed by atoms with E-state index in [9.17, 15) is 45.3 Å². The minimum atomic E-state index is -1.68. The maximum atomic E-state index is 14.3. The van der Waals surface area contributed by atoms with Crippen molar-refractivity contribution in [2.75, 3.05) is 0 Å². The summed E-state index contributed by atoms with van der Waals surface area (Å²) in [6.45, 7) is 1.87. The molecule has 0 saturated heterocycles. The maximum absolute atomic E-state index is 14.3. The van der Waals surface area contributed by atoms with Gasteiger partial charge in [0.15, 0.2) is 23.8 Å². The molecule has 0 amide bonds. The Morgan fingerprint density at radius 3 is 2.13 bits per heavy atom. The van der Waals surface area contributed by atoms with Gasteiger partial charge >= 0.3 is 0 Å². The molecule has 4 aromatic carbocycles. The molecule has 0 bridgehead atoms. The number of aliphatic hydroxyl groups is 1. The van der Waals surface area contributed by atoms with Crippen molar-refractivity contribution in [2.45, 2.75) is 37.4 Å². The smallest absolute Gasteiger partial charge is 0.199 e. The maximum Gasteiger partial charge on any atom is 0.199 e. The Morgan fingerprint density at radius 1 is 0.756 bits per heavy atom. The molecule has 0 saturated carbocycles. The van der Waals surface area contributed by atoms with Crippen LogP contribution >= 0.6 is 0 Å². The van der Waals surface area contributed by atoms with E-state index in [1.165, 1.54) is 60.7 Å². The van der Waals surface area contributed by atoms with Crippen molar-refractivity contribution in [3.8, 4) is 40.2 Å². The lowest BCUT2D eigenvalue weighted by Crippen LogP contribution is -2.36. The quantitative estimate of drug-likeness (QED) is 0.115. The van der Waals surface area contributed by atoms with E-state index >= 15 is 0 Å². The zero-order valence-electron chi connectivity index (χ0n) is 24.0. The molecule has 10 heteroatoms. The number of Topliss-reactive ketones (excluding diaryl/α,β-unsaturated/α-hetero) is 2. The fourth-order valence-corrected chi connectivity index (χ4v) is 6.46. The molecule has 0 fully saturated rings. The lowest BCUT2D eigenvalue weighted by Gasteiger charge is -2.37. The van der Waals surface area contributed by atoms with Crippen LogP contribution in [0.15, 0.2) is 84.4 Å². The van der Waals surface area contributed by atoms with E-state index in [1.54, 1.807) is 6.07 Å². The highest BCUT2D eigenvalue weighted by Crippen LogP contribution is 2.50. The number of aliphatic hydroxyl groups excluding tert-OH is 1. The average molecular weight is 611 g/mol. The largest absolute Gasteiger partial charge is 0.508 e. The van der Waals surface area contributed by atoms with E-state index in [0.29, 0.717) is 17.5 Å². The summed E-state index contributed by atoms with van der Waals surface area (Å²) < 4.78 is 5.93. The van der Waals surface area contributed by atoms with Gasteiger partial charge in [-0.1, -0.05) is 23.8 Å². The highest BCUT2D eigenvalue weighted by atomic mass is 16.5. The summed E-state index contributed by atoms with van der Waals surface area (Å²) in [6.07, 6.45) is -0.790. The second-order valence-corrected chi connectivity index (χ2v) is 11.5. The first-order valence-corrected chi connectivity index (χ1v) is 14.2. The van der Waals surface area contributed by atoms with Gasteiger partial charge in [0.25, 0.3) is 0 Å². The molecule has 230 valence electrons. The predicted molar refractivity (Wildman–Crippen MR) is 161 cm³/mol. The second kappa shape index (κ2) is 11.2. The number of hydrogen-bond donors (Lipinski definition) is 7. The first-order valence-electron chi connectivity index (χ1n) is 14.2. The van der Waals surface area contributed by atoms with Crippen molar-refractivity contribution in [1.82, 2.24) is 0 Å². The fourth-order valence-electron chi connectivity index (χ4n) is 6.46. The zero-order chi connectivity index (χ0) is 32.2. The number of fused-ring (bicyclic) bond motifs is 1. The third-order valence-corrected chi connectivity index (χ3v) is 8.57. The monoisotopic (exact) mass is 610 g/mol. The van der Waals surface area contributed by atoms with E-state index in [1.807, 2.05) is 13.0 Å². The van der Waals surface area contributed by atoms with Crippen LogP contribution in [0.25, 0.3) is 0 Å². The highest BCUT2D eigenvalue weighted by Gasteiger charge is 2.43. The van der Waals surface area contributed by atoms with Crippen LogP contribution in [0, 0.1) is 5.92 Å². The molecule has 0 unspecified atom stereocenters. The number of rotatable bonds is 5. The van der Waals surface area contributed by atoms with E-state index in [0.717, 1.165) is 11.6 Å². The van der Waals surface area contributed by atoms with E-state index in [4.69, 9.17) is 4.74 Å². The topological polar surface area (TPSA) is 185 Å². The van der Waals surface area contributed by atoms with Crippen LogP contribution in [-0.2, 0) is 0 Å². The third-order valence-electron chi connectivity index (χ3n) is 8.57. The molecule has 6 rings (SSSR count). The number of ketones is 2. The standard InChI is InChI=1S/C35H30O10/c1-16-10-24(17-2-9-27(39)26(12-17)35-34(44)33(43)23-8-5-20(38)15-30(23)45-35)31(32(42)22-7-4-19(37)14-29(22)41)25(11-16)21-6-3-18(36)13-28(21)40/h2-10,12-15,24-25,31,34-41,44H,11H2,1H3/t24-,25+,31-,34-,35+/m0/s1. The van der Waals surface area contributed by atoms with Crippen LogP contribution in [0.3, 0.4) is 0 Å². The van der Waals surface area contributed by atoms with E-state index in [2.05, 4.69) is 0 Å². The molecule has 1 heterocycles. The van der Waals surface area contributed by atoms with Crippen LogP contribution in [0.4, 0.5) is 0 Å². The summed E-state index contributed by atoms with van der Waals surface area (Å²) in [7, 11) is 0. The van der Waals surface area contributed by atoms with Crippen LogP contribution in [0.1, 0.15) is 68.7 Å². The first-order chi connectivity index (χ1) is 21.4. The van der Waals surface area contributed by atoms with Gasteiger partial charge < -0.3 is 40.5 Å². The van der Waals surface area contributed by atoms with Crippen molar-refractivity contribution in [2.24, 2.45) is 5.92 Å². The first kappa shape index (κ1) is 29.6. The molecule has 0 radical (unpaired) electrons. The summed E-state index contributed by atoms with van der Waals surface area (Å²) in [5, 5.41) is 73.1. The number of allylic oxidation sites excluding steroid dienone is 2. The number of carbonyl (C=O) groups excluding carboxylic acids is 2. The number of phenolic OH excluding ortho intramolecular Hbond substituents is 6. The molecule has 10 nitrogen and oxygen atoms in total. The van der Waals surface area contributed by atoms with Gasteiger partial charge in [0, 0.05) is 41.5 Å². The Balaban J connectivity index is 1.48. The van der Waals surface area contributed by atoms with Gasteiger partial charge in [0.2, 0.25) is 0 Å². The Morgan fingerprint density at radius 2 is 1.42 bits per heavy atom. The van der Waals surface area contributed by atoms with Gasteiger partial charge in [-0.3, -0.25) is 9.59 Å². The number of carbonyl (C=O) groups is 2. The Bertz CT molecular complexity index is 1880. The van der Waals surface area contributed by atoms with Crippen molar-refractivity contribution < 1.29 is 50.1 Å². The second-order valence-electron chi connectivity index (χ2n) is 11.5. The highest BCUT2D eigenvalue weighted by molar-refractivity contribution is 6.03. The number of aromatic hydroxyl groups is 6. The molecule has 1 aliphatic carbocycles. The van der Waals surface area contributed by atoms with Crippen molar-refractivity contribution in [1.29, 1.82) is 0 Å². The molecule has 1 aliphatic heterocycles. The molecule has 4 aromatic rings. The summed E-state index contributed by atoms with van der Waals surface area (Å²) in [4.78, 5) is 27.3. The summed E-state index contributed by atoms with van der Waals surface area (Å²) in [6, 6.07) is 16.2. The lowest BCUT2D eigenvalue weighted by molar-refractivity contribution is 0.0207. The number of ether oxygens (including phenoxy) is 1. The zero-order valence-corrected chi connectivity index (χ0v) is 24.0. The minimum absolute atomic E-state index is 0.0345. The van der Waals surface area contributed by atoms with E-state index < -0.39 is 47.3 Å². The summed E-state index contributed by atoms with van der Waals surface area (Å²) >= 11 is 0. The molecule has 45 heavy (non-hydrogen) atoms. The van der Waals surface area contributed by atoms with Gasteiger partial charge in [-0.15, -0.1) is 0 Å². The van der Waals surface area contributed by atoms with Gasteiger partial charge in [-0.05, 0) is 66.9 Å². The Kier molecular flexibility index (Phi) is 7.38. The van der Waals surface area contributed by atoms with Gasteiger partial charge in [0.05, 0.1) is 11.1 Å². The Labute approximate surface area is 257 Å². The van der Waals surface area contributed by atoms with Gasteiger partial charge in [-0.2, -0.15) is 0 Å². The van der Waals surface area contributed by atoms with Crippen LogP contribution in [0.5, 0.6) is 40.2 Å². The number of hydrogen-bond acceptors (Lipinski definition) is 10. The Hall–Kier alpha value is -5.48. The SMILES string of the molecule is CC1=C[C@@H](c2ccc(O)c([C@H]3Oc4cc(O)ccc4C(=O)[C@@H]3O)c2)[C@H](C(=O)c2ccc(O)cc2O)[C@@H](c2ccc(O)cc2O)C1. The molecule has 0 aromatic heterocycles. The number of phenols is 6. The van der Waals surface area contributed by atoms with Crippen LogP contribution in [0.2, 0.25) is 0 Å². The minimum Gasteiger partial charge on any atom is -0.508 e. The molecule has 7 N–H and O–H groups in total. The molecule has 2 aliphatic rings. The van der Waals surface area contributed by atoms with Crippen molar-refractivity contribution in [3.05, 3.63) is 112 Å². The van der Waals surface area contributed by atoms with Gasteiger partial charge in [0.1, 0.15) is 40.2 Å². The lowest BCUT2D eigenvalue weighted by atomic mass is 9.65. The molecular weight excluding hydrogens is 580 g/mol. The summed E-state index contributed by atoms with van der Waals surface area (Å²) in [5.41, 5.74) is 1.88. The normalized spacial score (nSPS) is 22.7. The van der Waals surface area contributed by atoms with Crippen molar-refractivity contribution in [3.63, 3.8) is 0 Å². The average Bonchev–Trinajstić information content (AvgIpc) is 2.98. The molecule has 5 atom stereocenters. The van der Waals surface area contributed by atoms with Crippen molar-refractivity contribution >= 4 is 11.6 Å². The predicted octanol–water partition coefficient (Wildman–Crippen LogP) is 5.31. The molecule has 0 spiro atoms.